The molecule has 3 nitrogen and oxygen atoms in total. The first-order valence-electron chi connectivity index (χ1n) is 2.05. The molecule has 0 N–H and O–H groups in total. The first-order valence-corrected chi connectivity index (χ1v) is 2.05. The molecule has 3 heteroatoms. The molecule has 0 aromatic heterocycles. The predicted molar refractivity (Wildman–Crippen MR) is 25.5 cm³/mol. The molecule has 1 atom stereocenters. The van der Waals surface area contributed by atoms with E-state index in [1.165, 1.54) is 6.29 Å². The number of hydrogen-bond donors (Lipinski definition) is 0. The highest BCUT2D eigenvalue weighted by atomic mass is 16.1. The Labute approximate surface area is 46.9 Å². The van der Waals surface area contributed by atoms with Crippen LogP contribution < -0.4 is 0 Å². The molecule has 0 aliphatic rings. The summed E-state index contributed by atoms with van der Waals surface area (Å²) in [4.78, 5) is 19.2. The lowest BCUT2D eigenvalue weighted by molar-refractivity contribution is -0.109. The third kappa shape index (κ3) is 2.08. The molecule has 0 heterocycles. The number of rotatable bonds is 3. The van der Waals surface area contributed by atoms with Crippen molar-refractivity contribution in [2.45, 2.75) is 6.42 Å². The summed E-state index contributed by atoms with van der Waals surface area (Å²) in [6, 6.07) is 1.62. The molecular formula is C5H4NO2. The largest absolute Gasteiger partial charge is 0.302 e. The highest BCUT2D eigenvalue weighted by Crippen LogP contribution is 1.91. The van der Waals surface area contributed by atoms with E-state index in [2.05, 4.69) is 0 Å². The van der Waals surface area contributed by atoms with Crippen molar-refractivity contribution in [1.29, 1.82) is 5.26 Å². The predicted octanol–water partition coefficient (Wildman–Crippen LogP) is -0.175. The first-order chi connectivity index (χ1) is 3.85. The summed E-state index contributed by atoms with van der Waals surface area (Å²) in [6.45, 7) is 0. The van der Waals surface area contributed by atoms with Gasteiger partial charge in [-0.05, 0) is 0 Å². The maximum absolute atomic E-state index is 9.72. The van der Waals surface area contributed by atoms with Crippen molar-refractivity contribution in [2.75, 3.05) is 0 Å². The third-order valence-electron chi connectivity index (χ3n) is 0.633. The fraction of sp³-hybridized carbons (Fsp3) is 0.400. The highest BCUT2D eigenvalue weighted by Gasteiger charge is 2.02. The van der Waals surface area contributed by atoms with Crippen molar-refractivity contribution in [3.8, 4) is 6.07 Å². The van der Waals surface area contributed by atoms with Gasteiger partial charge in [-0.15, -0.1) is 0 Å². The van der Waals surface area contributed by atoms with Crippen LogP contribution in [0.1, 0.15) is 6.42 Å². The van der Waals surface area contributed by atoms with Crippen molar-refractivity contribution >= 4 is 12.6 Å². The third-order valence-corrected chi connectivity index (χ3v) is 0.633. The van der Waals surface area contributed by atoms with Gasteiger partial charge in [-0.25, -0.2) is 0 Å². The van der Waals surface area contributed by atoms with Gasteiger partial charge in [0.15, 0.2) is 6.29 Å². The zero-order valence-electron chi connectivity index (χ0n) is 4.13. The van der Waals surface area contributed by atoms with Crippen LogP contribution >= 0.6 is 0 Å². The Bertz CT molecular complexity index is 125. The first kappa shape index (κ1) is 6.83. The summed E-state index contributed by atoms with van der Waals surface area (Å²) in [5.41, 5.74) is 0. The Morgan fingerprint density at radius 1 is 1.75 bits per heavy atom. The molecule has 1 radical (unpaired) electrons. The van der Waals surface area contributed by atoms with E-state index < -0.39 is 5.92 Å². The quantitative estimate of drug-likeness (QED) is 0.473. The second kappa shape index (κ2) is 4.00. The van der Waals surface area contributed by atoms with E-state index in [9.17, 15) is 9.59 Å². The van der Waals surface area contributed by atoms with Crippen LogP contribution in [0.4, 0.5) is 0 Å². The Hall–Kier alpha value is -1.17. The Morgan fingerprint density at radius 2 is 2.38 bits per heavy atom. The van der Waals surface area contributed by atoms with E-state index >= 15 is 0 Å². The summed E-state index contributed by atoms with van der Waals surface area (Å²) in [5.74, 6) is -0.799. The number of aldehydes is 1. The number of nitrogens with zero attached hydrogens (tertiary/aromatic N) is 1. The van der Waals surface area contributed by atoms with Gasteiger partial charge in [-0.2, -0.15) is 5.26 Å². The van der Waals surface area contributed by atoms with Crippen LogP contribution in [0.3, 0.4) is 0 Å². The molecule has 8 heavy (non-hydrogen) atoms. The molecule has 1 unspecified atom stereocenters. The summed E-state index contributed by atoms with van der Waals surface area (Å²) < 4.78 is 0. The van der Waals surface area contributed by atoms with E-state index in [0.29, 0.717) is 6.29 Å². The fourth-order valence-corrected chi connectivity index (χ4v) is 0.214. The zero-order chi connectivity index (χ0) is 6.41. The molecule has 0 rings (SSSR count). The molecule has 0 spiro atoms. The average molecular weight is 110 g/mol. The molecule has 0 aromatic rings. The molecule has 41 valence electrons. The molecule has 0 aliphatic heterocycles. The lowest BCUT2D eigenvalue weighted by atomic mass is 10.1. The van der Waals surface area contributed by atoms with Gasteiger partial charge in [-0.3, -0.25) is 4.79 Å². The van der Waals surface area contributed by atoms with Crippen LogP contribution in [-0.2, 0) is 9.59 Å². The minimum absolute atomic E-state index is 0.111. The van der Waals surface area contributed by atoms with E-state index in [-0.39, 0.29) is 6.42 Å². The molecule has 0 saturated carbocycles. The van der Waals surface area contributed by atoms with Crippen molar-refractivity contribution in [3.63, 3.8) is 0 Å². The number of nitriles is 1. The second-order valence-corrected chi connectivity index (χ2v) is 1.22. The summed E-state index contributed by atoms with van der Waals surface area (Å²) in [6.07, 6.45) is 1.79. The monoisotopic (exact) mass is 110 g/mol. The molecule has 0 saturated heterocycles. The van der Waals surface area contributed by atoms with Crippen LogP contribution in [0.15, 0.2) is 0 Å². The molecule has 0 fully saturated rings. The van der Waals surface area contributed by atoms with Gasteiger partial charge in [0, 0.05) is 6.42 Å². The standard InChI is InChI=1S/C5H4NO2/c6-3-5(4-8)1-2-7/h4-5H,1H2. The van der Waals surface area contributed by atoms with Gasteiger partial charge in [-0.1, -0.05) is 0 Å². The Balaban J connectivity index is 3.56. The van der Waals surface area contributed by atoms with E-state index in [1.54, 1.807) is 6.07 Å². The van der Waals surface area contributed by atoms with Gasteiger partial charge >= 0.3 is 0 Å². The minimum atomic E-state index is -0.799. The van der Waals surface area contributed by atoms with Crippen LogP contribution in [0.25, 0.3) is 0 Å². The Kier molecular flexibility index (Phi) is 3.42. The smallest absolute Gasteiger partial charge is 0.200 e. The summed E-state index contributed by atoms with van der Waals surface area (Å²) >= 11 is 0. The van der Waals surface area contributed by atoms with Crippen LogP contribution in [0.5, 0.6) is 0 Å². The molecule has 0 amide bonds. The number of hydrogen-bond acceptors (Lipinski definition) is 3. The number of carbonyl (C=O) groups excluding carboxylic acids is 2. The van der Waals surface area contributed by atoms with E-state index in [0.717, 1.165) is 0 Å². The summed E-state index contributed by atoms with van der Waals surface area (Å²) in [5, 5.41) is 8.00. The minimum Gasteiger partial charge on any atom is -0.302 e. The molecule has 0 bridgehead atoms. The molecule has 0 aliphatic carbocycles. The second-order valence-electron chi connectivity index (χ2n) is 1.22. The summed E-state index contributed by atoms with van der Waals surface area (Å²) in [7, 11) is 0. The average Bonchev–Trinajstić information content (AvgIpc) is 1.83. The SMILES string of the molecule is N#CC(C=O)C[C]=O. The fourth-order valence-electron chi connectivity index (χ4n) is 0.214. The molecule has 0 aromatic carbocycles. The van der Waals surface area contributed by atoms with Crippen LogP contribution in [0.2, 0.25) is 0 Å². The highest BCUT2D eigenvalue weighted by molar-refractivity contribution is 5.65. The maximum atomic E-state index is 9.72. The lowest BCUT2D eigenvalue weighted by Gasteiger charge is -1.84. The normalized spacial score (nSPS) is 11.4. The van der Waals surface area contributed by atoms with Crippen LogP contribution in [-0.4, -0.2) is 12.6 Å². The van der Waals surface area contributed by atoms with Crippen molar-refractivity contribution in [3.05, 3.63) is 0 Å². The van der Waals surface area contributed by atoms with E-state index in [1.807, 2.05) is 0 Å². The molecular weight excluding hydrogens is 106 g/mol. The van der Waals surface area contributed by atoms with Crippen molar-refractivity contribution < 1.29 is 9.59 Å². The zero-order valence-corrected chi connectivity index (χ0v) is 4.13. The lowest BCUT2D eigenvalue weighted by Crippen LogP contribution is -1.97. The van der Waals surface area contributed by atoms with Gasteiger partial charge in [0.25, 0.3) is 0 Å². The van der Waals surface area contributed by atoms with Crippen molar-refractivity contribution in [1.82, 2.24) is 0 Å². The van der Waals surface area contributed by atoms with Gasteiger partial charge in [0.1, 0.15) is 12.2 Å². The van der Waals surface area contributed by atoms with Crippen LogP contribution in [0, 0.1) is 17.2 Å². The number of carbonyl (C=O) groups is 1. The van der Waals surface area contributed by atoms with Gasteiger partial charge in [0.2, 0.25) is 0 Å². The van der Waals surface area contributed by atoms with Gasteiger partial charge in [0.05, 0.1) is 6.07 Å². The van der Waals surface area contributed by atoms with E-state index in [4.69, 9.17) is 5.26 Å². The Morgan fingerprint density at radius 3 is 2.50 bits per heavy atom. The topological polar surface area (TPSA) is 57.9 Å². The maximum Gasteiger partial charge on any atom is 0.200 e. The van der Waals surface area contributed by atoms with Crippen molar-refractivity contribution in [2.24, 2.45) is 5.92 Å². The van der Waals surface area contributed by atoms with Gasteiger partial charge < -0.3 is 4.79 Å².